The molecule has 1 N–H and O–H groups in total. The lowest BCUT2D eigenvalue weighted by atomic mass is 9.75. The van der Waals surface area contributed by atoms with Gasteiger partial charge in [-0.3, -0.25) is 0 Å². The van der Waals surface area contributed by atoms with Crippen LogP contribution in [0, 0.1) is 6.92 Å². The average molecular weight is 246 g/mol. The van der Waals surface area contributed by atoms with Crippen LogP contribution in [0.4, 0.5) is 0 Å². The number of benzene rings is 1. The number of hydrogen-bond acceptors (Lipinski definition) is 2. The summed E-state index contributed by atoms with van der Waals surface area (Å²) in [5.41, 5.74) is 3.20. The summed E-state index contributed by atoms with van der Waals surface area (Å²) in [7, 11) is 4.42. The lowest BCUT2D eigenvalue weighted by Gasteiger charge is -2.48. The molecule has 0 saturated heterocycles. The number of nitrogens with one attached hydrogen (secondary N) is 1. The predicted octanol–water partition coefficient (Wildman–Crippen LogP) is 3.13. The molecule has 2 heteroatoms. The van der Waals surface area contributed by atoms with Gasteiger partial charge in [-0.25, -0.2) is 0 Å². The van der Waals surface area contributed by atoms with Gasteiger partial charge in [0.05, 0.1) is 0 Å². The highest BCUT2D eigenvalue weighted by atomic mass is 15.2. The number of rotatable bonds is 5. The molecule has 0 aliphatic heterocycles. The van der Waals surface area contributed by atoms with Crippen LogP contribution in [-0.2, 0) is 0 Å². The lowest BCUT2D eigenvalue weighted by molar-refractivity contribution is 0.0576. The molecule has 0 amide bonds. The maximum absolute atomic E-state index is 3.72. The number of likely N-dealkylation sites (N-methyl/N-ethyl adjacent to an activating group) is 1. The van der Waals surface area contributed by atoms with Crippen molar-refractivity contribution in [2.45, 2.75) is 44.7 Å². The number of hydrogen-bond donors (Lipinski definition) is 1. The minimum absolute atomic E-state index is 0.400. The fourth-order valence-electron chi connectivity index (χ4n) is 2.89. The van der Waals surface area contributed by atoms with Crippen LogP contribution in [-0.4, -0.2) is 31.1 Å². The molecular weight excluding hydrogens is 220 g/mol. The van der Waals surface area contributed by atoms with E-state index >= 15 is 0 Å². The van der Waals surface area contributed by atoms with Gasteiger partial charge in [0.25, 0.3) is 0 Å². The maximum Gasteiger partial charge on any atom is 0.0328 e. The molecule has 0 radical (unpaired) electrons. The van der Waals surface area contributed by atoms with Crippen molar-refractivity contribution < 1.29 is 0 Å². The molecular formula is C16H26N2. The Bertz CT molecular complexity index is 394. The van der Waals surface area contributed by atoms with Crippen molar-refractivity contribution in [2.75, 3.05) is 20.6 Å². The SMILES string of the molecule is Cc1ccccc1C(C)NCC1(N(C)C)CCC1. The number of aryl methyl sites for hydroxylation is 1. The average Bonchev–Trinajstić information content (AvgIpc) is 2.27. The molecule has 1 fully saturated rings. The highest BCUT2D eigenvalue weighted by Gasteiger charge is 2.38. The van der Waals surface area contributed by atoms with E-state index in [1.165, 1.54) is 30.4 Å². The molecule has 100 valence electrons. The summed E-state index contributed by atoms with van der Waals surface area (Å²) in [4.78, 5) is 2.40. The number of nitrogens with zero attached hydrogens (tertiary/aromatic N) is 1. The molecule has 0 aromatic heterocycles. The third-order valence-corrected chi connectivity index (χ3v) is 4.63. The Balaban J connectivity index is 1.96. The van der Waals surface area contributed by atoms with Crippen LogP contribution in [0.3, 0.4) is 0 Å². The highest BCUT2D eigenvalue weighted by Crippen LogP contribution is 2.36. The van der Waals surface area contributed by atoms with E-state index in [0.29, 0.717) is 11.6 Å². The van der Waals surface area contributed by atoms with Gasteiger partial charge in [-0.1, -0.05) is 24.3 Å². The minimum Gasteiger partial charge on any atom is -0.308 e. The molecule has 1 aromatic rings. The van der Waals surface area contributed by atoms with Crippen LogP contribution in [0.25, 0.3) is 0 Å². The van der Waals surface area contributed by atoms with E-state index in [9.17, 15) is 0 Å². The molecule has 18 heavy (non-hydrogen) atoms. The first-order valence-corrected chi connectivity index (χ1v) is 7.01. The zero-order chi connectivity index (χ0) is 13.2. The Hall–Kier alpha value is -0.860. The van der Waals surface area contributed by atoms with Gasteiger partial charge in [0.15, 0.2) is 0 Å². The van der Waals surface area contributed by atoms with Crippen molar-refractivity contribution in [3.8, 4) is 0 Å². The molecule has 0 spiro atoms. The summed E-state index contributed by atoms with van der Waals surface area (Å²) in [5, 5.41) is 3.72. The van der Waals surface area contributed by atoms with E-state index in [-0.39, 0.29) is 0 Å². The second kappa shape index (κ2) is 5.41. The predicted molar refractivity (Wildman–Crippen MR) is 77.9 cm³/mol. The van der Waals surface area contributed by atoms with Crippen molar-refractivity contribution in [1.82, 2.24) is 10.2 Å². The molecule has 1 saturated carbocycles. The monoisotopic (exact) mass is 246 g/mol. The molecule has 1 aliphatic carbocycles. The van der Waals surface area contributed by atoms with Crippen molar-refractivity contribution in [3.05, 3.63) is 35.4 Å². The van der Waals surface area contributed by atoms with Gasteiger partial charge in [-0.05, 0) is 58.3 Å². The largest absolute Gasteiger partial charge is 0.308 e. The molecule has 1 aliphatic rings. The topological polar surface area (TPSA) is 15.3 Å². The van der Waals surface area contributed by atoms with Gasteiger partial charge in [0, 0.05) is 18.1 Å². The summed E-state index contributed by atoms with van der Waals surface area (Å²) in [6.07, 6.45) is 4.03. The first-order chi connectivity index (χ1) is 8.55. The van der Waals surface area contributed by atoms with Crippen LogP contribution in [0.2, 0.25) is 0 Å². The maximum atomic E-state index is 3.72. The molecule has 0 heterocycles. The zero-order valence-corrected chi connectivity index (χ0v) is 12.2. The van der Waals surface area contributed by atoms with E-state index in [1.807, 2.05) is 0 Å². The molecule has 0 bridgehead atoms. The van der Waals surface area contributed by atoms with Gasteiger partial charge >= 0.3 is 0 Å². The Morgan fingerprint density at radius 2 is 1.94 bits per heavy atom. The fourth-order valence-corrected chi connectivity index (χ4v) is 2.89. The summed E-state index contributed by atoms with van der Waals surface area (Å²) >= 11 is 0. The smallest absolute Gasteiger partial charge is 0.0328 e. The van der Waals surface area contributed by atoms with Crippen molar-refractivity contribution in [3.63, 3.8) is 0 Å². The van der Waals surface area contributed by atoms with E-state index in [4.69, 9.17) is 0 Å². The summed E-state index contributed by atoms with van der Waals surface area (Å²) in [5.74, 6) is 0. The van der Waals surface area contributed by atoms with Crippen molar-refractivity contribution in [2.24, 2.45) is 0 Å². The zero-order valence-electron chi connectivity index (χ0n) is 12.2. The van der Waals surface area contributed by atoms with Gasteiger partial charge in [-0.2, -0.15) is 0 Å². The third kappa shape index (κ3) is 2.60. The lowest BCUT2D eigenvalue weighted by Crippen LogP contribution is -2.56. The van der Waals surface area contributed by atoms with E-state index in [2.05, 4.69) is 62.4 Å². The van der Waals surface area contributed by atoms with Gasteiger partial charge in [0.2, 0.25) is 0 Å². The van der Waals surface area contributed by atoms with E-state index < -0.39 is 0 Å². The first kappa shape index (κ1) is 13.6. The molecule has 1 aromatic carbocycles. The summed E-state index contributed by atoms with van der Waals surface area (Å²) in [6, 6.07) is 9.10. The highest BCUT2D eigenvalue weighted by molar-refractivity contribution is 5.28. The second-order valence-electron chi connectivity index (χ2n) is 5.93. The van der Waals surface area contributed by atoms with Crippen molar-refractivity contribution in [1.29, 1.82) is 0 Å². The second-order valence-corrected chi connectivity index (χ2v) is 5.93. The third-order valence-electron chi connectivity index (χ3n) is 4.63. The standard InChI is InChI=1S/C16H26N2/c1-13-8-5-6-9-15(13)14(2)17-12-16(18(3)4)10-7-11-16/h5-6,8-9,14,17H,7,10-12H2,1-4H3. The van der Waals surface area contributed by atoms with Gasteiger partial charge in [0.1, 0.15) is 0 Å². The Morgan fingerprint density at radius 1 is 1.28 bits per heavy atom. The quantitative estimate of drug-likeness (QED) is 0.858. The molecule has 2 nitrogen and oxygen atoms in total. The van der Waals surface area contributed by atoms with E-state index in [0.717, 1.165) is 6.54 Å². The molecule has 1 unspecified atom stereocenters. The minimum atomic E-state index is 0.400. The summed E-state index contributed by atoms with van der Waals surface area (Å²) in [6.45, 7) is 5.55. The van der Waals surface area contributed by atoms with Gasteiger partial charge < -0.3 is 10.2 Å². The van der Waals surface area contributed by atoms with Crippen molar-refractivity contribution >= 4 is 0 Å². The van der Waals surface area contributed by atoms with Gasteiger partial charge in [-0.15, -0.1) is 0 Å². The normalized spacial score (nSPS) is 19.6. The Morgan fingerprint density at radius 3 is 2.44 bits per heavy atom. The fraction of sp³-hybridized carbons (Fsp3) is 0.625. The van der Waals surface area contributed by atoms with E-state index in [1.54, 1.807) is 0 Å². The summed E-state index contributed by atoms with van der Waals surface area (Å²) < 4.78 is 0. The van der Waals surface area contributed by atoms with Crippen LogP contribution < -0.4 is 5.32 Å². The Labute approximate surface area is 111 Å². The van der Waals surface area contributed by atoms with Crippen LogP contribution in [0.1, 0.15) is 43.4 Å². The molecule has 1 atom stereocenters. The Kier molecular flexibility index (Phi) is 4.08. The van der Waals surface area contributed by atoms with Crippen LogP contribution in [0.15, 0.2) is 24.3 Å². The van der Waals surface area contributed by atoms with Crippen LogP contribution in [0.5, 0.6) is 0 Å². The molecule has 2 rings (SSSR count). The van der Waals surface area contributed by atoms with Crippen LogP contribution >= 0.6 is 0 Å². The first-order valence-electron chi connectivity index (χ1n) is 7.01.